The maximum atomic E-state index is 12.5. The zero-order chi connectivity index (χ0) is 19.3. The van der Waals surface area contributed by atoms with E-state index in [0.29, 0.717) is 25.4 Å². The van der Waals surface area contributed by atoms with Crippen molar-refractivity contribution in [3.63, 3.8) is 0 Å². The van der Waals surface area contributed by atoms with Crippen molar-refractivity contribution in [1.29, 1.82) is 0 Å². The summed E-state index contributed by atoms with van der Waals surface area (Å²) in [4.78, 5) is 16.8. The summed E-state index contributed by atoms with van der Waals surface area (Å²) >= 11 is 0. The highest BCUT2D eigenvalue weighted by Crippen LogP contribution is 2.26. The van der Waals surface area contributed by atoms with Gasteiger partial charge in [0.2, 0.25) is 0 Å². The Morgan fingerprint density at radius 1 is 1.32 bits per heavy atom. The second-order valence-electron chi connectivity index (χ2n) is 7.46. The summed E-state index contributed by atoms with van der Waals surface area (Å²) in [6.07, 6.45) is 5.93. The molecule has 152 valence electrons. The van der Waals surface area contributed by atoms with Crippen LogP contribution in [0, 0.1) is 0 Å². The average Bonchev–Trinajstić information content (AvgIpc) is 3.49. The first-order valence-corrected chi connectivity index (χ1v) is 10.2. The van der Waals surface area contributed by atoms with Crippen molar-refractivity contribution in [2.75, 3.05) is 32.8 Å². The summed E-state index contributed by atoms with van der Waals surface area (Å²) in [5.74, 6) is 1.27. The molecule has 0 unspecified atom stereocenters. The van der Waals surface area contributed by atoms with Gasteiger partial charge in [0.25, 0.3) is 5.91 Å². The zero-order valence-corrected chi connectivity index (χ0v) is 16.4. The molecule has 0 aromatic carbocycles. The maximum absolute atomic E-state index is 12.5. The lowest BCUT2D eigenvalue weighted by Gasteiger charge is -2.38. The number of carbonyl (C=O) groups is 1. The van der Waals surface area contributed by atoms with Crippen LogP contribution in [0.15, 0.2) is 22.8 Å². The fraction of sp³-hybridized carbons (Fsp3) is 0.684. The molecule has 9 heteroatoms. The van der Waals surface area contributed by atoms with Gasteiger partial charge in [-0.15, -0.1) is 5.10 Å². The van der Waals surface area contributed by atoms with Gasteiger partial charge < -0.3 is 14.1 Å². The molecule has 0 bridgehead atoms. The molecule has 2 atom stereocenters. The number of amides is 1. The van der Waals surface area contributed by atoms with Crippen LogP contribution in [-0.2, 0) is 11.3 Å². The number of carbonyl (C=O) groups excluding carboxylic acids is 1. The summed E-state index contributed by atoms with van der Waals surface area (Å²) in [7, 11) is 0. The minimum atomic E-state index is -0.0418. The lowest BCUT2D eigenvalue weighted by Crippen LogP contribution is -2.50. The van der Waals surface area contributed by atoms with Gasteiger partial charge >= 0.3 is 0 Å². The highest BCUT2D eigenvalue weighted by atomic mass is 16.5. The minimum Gasteiger partial charge on any atom is -0.459 e. The van der Waals surface area contributed by atoms with Crippen LogP contribution in [0.3, 0.4) is 0 Å². The Morgan fingerprint density at radius 2 is 2.18 bits per heavy atom. The molecule has 2 aromatic rings. The van der Waals surface area contributed by atoms with E-state index < -0.39 is 0 Å². The number of hydrogen-bond acceptors (Lipinski definition) is 7. The van der Waals surface area contributed by atoms with Crippen LogP contribution in [0.1, 0.15) is 55.0 Å². The molecule has 2 aliphatic heterocycles. The van der Waals surface area contributed by atoms with E-state index in [0.717, 1.165) is 51.2 Å². The van der Waals surface area contributed by atoms with Gasteiger partial charge in [-0.05, 0) is 41.8 Å². The molecule has 4 heterocycles. The number of rotatable bonds is 7. The van der Waals surface area contributed by atoms with Crippen molar-refractivity contribution in [1.82, 2.24) is 30.0 Å². The van der Waals surface area contributed by atoms with E-state index in [4.69, 9.17) is 9.15 Å². The van der Waals surface area contributed by atoms with Crippen LogP contribution in [0.4, 0.5) is 0 Å². The normalized spacial score (nSPS) is 21.9. The topological polar surface area (TPSA) is 89.5 Å². The minimum absolute atomic E-state index is 0.0418. The van der Waals surface area contributed by atoms with Gasteiger partial charge in [0.05, 0.1) is 25.0 Å². The van der Waals surface area contributed by atoms with Crippen LogP contribution in [0.5, 0.6) is 0 Å². The summed E-state index contributed by atoms with van der Waals surface area (Å²) in [6, 6.07) is 3.62. The Morgan fingerprint density at radius 3 is 2.86 bits per heavy atom. The number of hydrogen-bond donors (Lipinski definition) is 0. The summed E-state index contributed by atoms with van der Waals surface area (Å²) in [6.45, 7) is 6.65. The average molecular weight is 388 g/mol. The lowest BCUT2D eigenvalue weighted by molar-refractivity contribution is 0.0503. The van der Waals surface area contributed by atoms with Crippen LogP contribution < -0.4 is 0 Å². The molecular formula is C19H28N6O3. The van der Waals surface area contributed by atoms with Gasteiger partial charge in [0.15, 0.2) is 11.6 Å². The van der Waals surface area contributed by atoms with Gasteiger partial charge in [-0.3, -0.25) is 9.69 Å². The predicted octanol–water partition coefficient (Wildman–Crippen LogP) is 1.74. The predicted molar refractivity (Wildman–Crippen MR) is 101 cm³/mol. The van der Waals surface area contributed by atoms with Gasteiger partial charge in [-0.2, -0.15) is 0 Å². The first kappa shape index (κ1) is 19.1. The number of furan rings is 1. The Kier molecular flexibility index (Phi) is 6.01. The number of aromatic nitrogens is 4. The van der Waals surface area contributed by atoms with Crippen molar-refractivity contribution in [2.24, 2.45) is 0 Å². The fourth-order valence-electron chi connectivity index (χ4n) is 4.10. The third-order valence-corrected chi connectivity index (χ3v) is 5.59. The summed E-state index contributed by atoms with van der Waals surface area (Å²) < 4.78 is 12.9. The van der Waals surface area contributed by atoms with Crippen LogP contribution >= 0.6 is 0 Å². The molecule has 0 spiro atoms. The SMILES string of the molecule is CCC[C@H](c1nnnn1C[C@@H]1CCCO1)N1CCN(C(=O)c2ccco2)CC1. The Labute approximate surface area is 164 Å². The van der Waals surface area contributed by atoms with Crippen LogP contribution in [-0.4, -0.2) is 74.8 Å². The molecule has 0 aliphatic carbocycles. The van der Waals surface area contributed by atoms with Crippen molar-refractivity contribution in [2.45, 2.75) is 51.3 Å². The Balaban J connectivity index is 1.42. The van der Waals surface area contributed by atoms with Gasteiger partial charge in [0, 0.05) is 32.8 Å². The van der Waals surface area contributed by atoms with Gasteiger partial charge in [0.1, 0.15) is 0 Å². The van der Waals surface area contributed by atoms with E-state index in [9.17, 15) is 4.79 Å². The largest absolute Gasteiger partial charge is 0.459 e. The van der Waals surface area contributed by atoms with Crippen LogP contribution in [0.2, 0.25) is 0 Å². The van der Waals surface area contributed by atoms with Crippen molar-refractivity contribution in [3.05, 3.63) is 30.0 Å². The monoisotopic (exact) mass is 388 g/mol. The first-order chi connectivity index (χ1) is 13.8. The number of tetrazole rings is 1. The van der Waals surface area contributed by atoms with E-state index >= 15 is 0 Å². The fourth-order valence-corrected chi connectivity index (χ4v) is 4.10. The molecule has 28 heavy (non-hydrogen) atoms. The highest BCUT2D eigenvalue weighted by Gasteiger charge is 2.31. The number of piperazine rings is 1. The van der Waals surface area contributed by atoms with E-state index in [-0.39, 0.29) is 18.1 Å². The smallest absolute Gasteiger partial charge is 0.289 e. The molecule has 0 saturated carbocycles. The zero-order valence-electron chi connectivity index (χ0n) is 16.4. The van der Waals surface area contributed by atoms with E-state index in [1.165, 1.54) is 6.26 Å². The molecule has 4 rings (SSSR count). The summed E-state index contributed by atoms with van der Waals surface area (Å²) in [5, 5.41) is 12.5. The van der Waals surface area contributed by atoms with Crippen LogP contribution in [0.25, 0.3) is 0 Å². The van der Waals surface area contributed by atoms with Crippen molar-refractivity contribution < 1.29 is 13.9 Å². The summed E-state index contributed by atoms with van der Waals surface area (Å²) in [5.41, 5.74) is 0. The molecule has 2 aromatic heterocycles. The number of nitrogens with zero attached hydrogens (tertiary/aromatic N) is 6. The molecule has 2 saturated heterocycles. The third kappa shape index (κ3) is 4.10. The number of ether oxygens (including phenoxy) is 1. The molecule has 0 N–H and O–H groups in total. The second kappa shape index (κ2) is 8.83. The molecule has 0 radical (unpaired) electrons. The second-order valence-corrected chi connectivity index (χ2v) is 7.46. The maximum Gasteiger partial charge on any atom is 0.289 e. The van der Waals surface area contributed by atoms with E-state index in [1.807, 2.05) is 9.58 Å². The third-order valence-electron chi connectivity index (χ3n) is 5.59. The molecule has 1 amide bonds. The van der Waals surface area contributed by atoms with E-state index in [2.05, 4.69) is 27.3 Å². The first-order valence-electron chi connectivity index (χ1n) is 10.2. The van der Waals surface area contributed by atoms with Gasteiger partial charge in [-0.1, -0.05) is 13.3 Å². The van der Waals surface area contributed by atoms with E-state index in [1.54, 1.807) is 12.1 Å². The van der Waals surface area contributed by atoms with Crippen molar-refractivity contribution in [3.8, 4) is 0 Å². The highest BCUT2D eigenvalue weighted by molar-refractivity contribution is 5.91. The standard InChI is InChI=1S/C19H28N6O3/c1-2-5-16(18-20-21-22-25(18)14-15-6-3-12-27-15)23-8-10-24(11-9-23)19(26)17-7-4-13-28-17/h4,7,13,15-16H,2-3,5-6,8-12,14H2,1H3/t15-,16+/m0/s1. The molecular weight excluding hydrogens is 360 g/mol. The Hall–Kier alpha value is -2.26. The van der Waals surface area contributed by atoms with Gasteiger partial charge in [-0.25, -0.2) is 4.68 Å². The quantitative estimate of drug-likeness (QED) is 0.714. The Bertz CT molecular complexity index is 748. The lowest BCUT2D eigenvalue weighted by atomic mass is 10.1. The molecule has 9 nitrogen and oxygen atoms in total. The molecule has 2 fully saturated rings. The molecule has 2 aliphatic rings. The van der Waals surface area contributed by atoms with Crippen molar-refractivity contribution >= 4 is 5.91 Å².